The lowest BCUT2D eigenvalue weighted by atomic mass is 10.2. The summed E-state index contributed by atoms with van der Waals surface area (Å²) in [6, 6.07) is 12.1. The second-order valence-electron chi connectivity index (χ2n) is 5.56. The summed E-state index contributed by atoms with van der Waals surface area (Å²) in [6.07, 6.45) is 3.93. The maximum Gasteiger partial charge on any atom is 0.280 e. The zero-order chi connectivity index (χ0) is 19.4. The average Bonchev–Trinajstić information content (AvgIpc) is 3.02. The molecule has 0 aliphatic rings. The van der Waals surface area contributed by atoms with E-state index in [1.807, 2.05) is 35.3 Å². The molecule has 0 saturated heterocycles. The van der Waals surface area contributed by atoms with Gasteiger partial charge in [0.05, 0.1) is 20.7 Å². The summed E-state index contributed by atoms with van der Waals surface area (Å²) < 4.78 is 2.70. The summed E-state index contributed by atoms with van der Waals surface area (Å²) >= 11 is 4.49. The van der Waals surface area contributed by atoms with E-state index in [-0.39, 0.29) is 11.6 Å². The van der Waals surface area contributed by atoms with Gasteiger partial charge in [0.25, 0.3) is 11.6 Å². The number of non-ortho nitro benzene ring substituents is 1. The van der Waals surface area contributed by atoms with Crippen molar-refractivity contribution in [3.63, 3.8) is 0 Å². The Bertz CT molecular complexity index is 1070. The summed E-state index contributed by atoms with van der Waals surface area (Å²) in [5.74, 6) is 0.546. The maximum atomic E-state index is 12.8. The first-order chi connectivity index (χ1) is 13.0. The Kier molecular flexibility index (Phi) is 6.35. The van der Waals surface area contributed by atoms with Crippen molar-refractivity contribution in [2.24, 2.45) is 4.99 Å². The Morgan fingerprint density at radius 1 is 1.26 bits per heavy atom. The van der Waals surface area contributed by atoms with Gasteiger partial charge in [0.2, 0.25) is 0 Å². The first kappa shape index (κ1) is 19.7. The van der Waals surface area contributed by atoms with Gasteiger partial charge in [-0.15, -0.1) is 11.8 Å². The molecule has 2 aromatic carbocycles. The number of amides is 1. The van der Waals surface area contributed by atoms with Gasteiger partial charge in [-0.05, 0) is 30.7 Å². The van der Waals surface area contributed by atoms with Crippen molar-refractivity contribution in [2.45, 2.75) is 11.4 Å². The number of carbonyl (C=O) groups is 1. The third-order valence-electron chi connectivity index (χ3n) is 3.93. The van der Waals surface area contributed by atoms with Gasteiger partial charge in [-0.2, -0.15) is 16.8 Å². The van der Waals surface area contributed by atoms with Crippen LogP contribution in [-0.2, 0) is 6.54 Å². The molecule has 0 bridgehead atoms. The van der Waals surface area contributed by atoms with Gasteiger partial charge in [-0.3, -0.25) is 14.9 Å². The van der Waals surface area contributed by atoms with E-state index < -0.39 is 4.92 Å². The summed E-state index contributed by atoms with van der Waals surface area (Å²) in [4.78, 5) is 29.2. The summed E-state index contributed by atoms with van der Waals surface area (Å²) in [5, 5.41) is 11.1. The standard InChI is InChI=1S/C18H17N3O3S3/c1-25-10-9-20-14-8-7-12(21(23)24)11-16(14)27-18(20)19-17(22)13-5-3-4-6-15(13)26-2/h3-8,11H,9-10H2,1-2H3. The fourth-order valence-corrected chi connectivity index (χ4v) is 4.67. The summed E-state index contributed by atoms with van der Waals surface area (Å²) in [6.45, 7) is 0.676. The molecule has 140 valence electrons. The van der Waals surface area contributed by atoms with E-state index in [2.05, 4.69) is 4.99 Å². The first-order valence-corrected chi connectivity index (χ1v) is 11.5. The normalized spacial score (nSPS) is 11.9. The zero-order valence-corrected chi connectivity index (χ0v) is 17.2. The molecule has 1 aromatic heterocycles. The second kappa shape index (κ2) is 8.73. The molecule has 1 amide bonds. The molecule has 9 heteroatoms. The third-order valence-corrected chi connectivity index (χ3v) is 6.36. The lowest BCUT2D eigenvalue weighted by molar-refractivity contribution is -0.384. The van der Waals surface area contributed by atoms with E-state index >= 15 is 0 Å². The molecule has 3 rings (SSSR count). The quantitative estimate of drug-likeness (QED) is 0.335. The smallest absolute Gasteiger partial charge is 0.280 e. The molecule has 0 spiro atoms. The molecule has 0 saturated carbocycles. The fraction of sp³-hybridized carbons (Fsp3) is 0.222. The number of carbonyl (C=O) groups excluding carboxylic acids is 1. The molecule has 3 aromatic rings. The van der Waals surface area contributed by atoms with Gasteiger partial charge in [0.1, 0.15) is 0 Å². The minimum atomic E-state index is -0.415. The van der Waals surface area contributed by atoms with Crippen molar-refractivity contribution in [3.8, 4) is 0 Å². The van der Waals surface area contributed by atoms with Crippen molar-refractivity contribution >= 4 is 56.7 Å². The van der Waals surface area contributed by atoms with Crippen LogP contribution in [-0.4, -0.2) is 33.7 Å². The predicted octanol–water partition coefficient (Wildman–Crippen LogP) is 4.44. The molecule has 0 unspecified atom stereocenters. The Hall–Kier alpha value is -2.10. The Morgan fingerprint density at radius 3 is 2.74 bits per heavy atom. The van der Waals surface area contributed by atoms with Crippen LogP contribution in [0.2, 0.25) is 0 Å². The number of rotatable bonds is 6. The van der Waals surface area contributed by atoms with Crippen molar-refractivity contribution in [3.05, 3.63) is 62.9 Å². The fourth-order valence-electron chi connectivity index (χ4n) is 2.63. The zero-order valence-electron chi connectivity index (χ0n) is 14.7. The van der Waals surface area contributed by atoms with Crippen LogP contribution in [0, 0.1) is 10.1 Å². The largest absolute Gasteiger partial charge is 0.315 e. The molecule has 27 heavy (non-hydrogen) atoms. The number of hydrogen-bond acceptors (Lipinski definition) is 6. The molecule has 6 nitrogen and oxygen atoms in total. The van der Waals surface area contributed by atoms with Gasteiger partial charge in [-0.25, -0.2) is 0 Å². The predicted molar refractivity (Wildman–Crippen MR) is 113 cm³/mol. The lowest BCUT2D eigenvalue weighted by Gasteiger charge is -2.04. The first-order valence-electron chi connectivity index (χ1n) is 8.04. The Labute approximate surface area is 168 Å². The van der Waals surface area contributed by atoms with Crippen molar-refractivity contribution in [2.75, 3.05) is 18.3 Å². The Morgan fingerprint density at radius 2 is 2.04 bits per heavy atom. The molecule has 0 N–H and O–H groups in total. The molecule has 0 radical (unpaired) electrons. The highest BCUT2D eigenvalue weighted by atomic mass is 32.2. The lowest BCUT2D eigenvalue weighted by Crippen LogP contribution is -2.18. The minimum absolute atomic E-state index is 0.0337. The van der Waals surface area contributed by atoms with Gasteiger partial charge in [-0.1, -0.05) is 23.5 Å². The van der Waals surface area contributed by atoms with Crippen LogP contribution in [0.3, 0.4) is 0 Å². The number of nitro benzene ring substituents is 1. The number of hydrogen-bond donors (Lipinski definition) is 0. The monoisotopic (exact) mass is 419 g/mol. The molecule has 0 aliphatic carbocycles. The molecule has 0 aliphatic heterocycles. The van der Waals surface area contributed by atoms with E-state index in [0.717, 1.165) is 20.9 Å². The second-order valence-corrected chi connectivity index (χ2v) is 8.40. The minimum Gasteiger partial charge on any atom is -0.315 e. The number of aromatic nitrogens is 1. The summed E-state index contributed by atoms with van der Waals surface area (Å²) in [7, 11) is 0. The van der Waals surface area contributed by atoms with Gasteiger partial charge in [0.15, 0.2) is 4.80 Å². The molecule has 0 atom stereocenters. The highest BCUT2D eigenvalue weighted by Gasteiger charge is 2.14. The maximum absolute atomic E-state index is 12.8. The van der Waals surface area contributed by atoms with Crippen LogP contribution in [0.25, 0.3) is 10.2 Å². The third kappa shape index (κ3) is 4.26. The van der Waals surface area contributed by atoms with Crippen LogP contribution in [0.4, 0.5) is 5.69 Å². The number of thiazole rings is 1. The average molecular weight is 420 g/mol. The summed E-state index contributed by atoms with van der Waals surface area (Å²) in [5.41, 5.74) is 1.44. The van der Waals surface area contributed by atoms with E-state index in [4.69, 9.17) is 0 Å². The Balaban J connectivity index is 2.14. The number of nitrogens with zero attached hydrogens (tertiary/aromatic N) is 3. The molecule has 0 fully saturated rings. The number of fused-ring (bicyclic) bond motifs is 1. The van der Waals surface area contributed by atoms with Crippen LogP contribution >= 0.6 is 34.9 Å². The topological polar surface area (TPSA) is 77.5 Å². The van der Waals surface area contributed by atoms with Crippen LogP contribution in [0.15, 0.2) is 52.4 Å². The highest BCUT2D eigenvalue weighted by Crippen LogP contribution is 2.24. The highest BCUT2D eigenvalue weighted by molar-refractivity contribution is 7.98. The van der Waals surface area contributed by atoms with E-state index in [9.17, 15) is 14.9 Å². The van der Waals surface area contributed by atoms with Crippen molar-refractivity contribution < 1.29 is 9.72 Å². The molecular formula is C18H17N3O3S3. The van der Waals surface area contributed by atoms with Crippen LogP contribution in [0.1, 0.15) is 10.4 Å². The van der Waals surface area contributed by atoms with Crippen LogP contribution in [0.5, 0.6) is 0 Å². The van der Waals surface area contributed by atoms with Gasteiger partial charge >= 0.3 is 0 Å². The molecule has 1 heterocycles. The van der Waals surface area contributed by atoms with E-state index in [1.54, 1.807) is 23.9 Å². The van der Waals surface area contributed by atoms with E-state index in [1.165, 1.54) is 35.2 Å². The number of thioether (sulfide) groups is 2. The van der Waals surface area contributed by atoms with Crippen molar-refractivity contribution in [1.29, 1.82) is 0 Å². The van der Waals surface area contributed by atoms with Gasteiger partial charge < -0.3 is 4.57 Å². The molecular weight excluding hydrogens is 402 g/mol. The number of benzene rings is 2. The number of nitro groups is 1. The van der Waals surface area contributed by atoms with Crippen molar-refractivity contribution in [1.82, 2.24) is 4.57 Å². The SMILES string of the molecule is CSCCn1c(=NC(=O)c2ccccc2SC)sc2cc([N+](=O)[O-])ccc21. The van der Waals surface area contributed by atoms with Gasteiger partial charge in [0, 0.05) is 29.3 Å². The number of aryl methyl sites for hydroxylation is 1. The van der Waals surface area contributed by atoms with E-state index in [0.29, 0.717) is 16.9 Å². The van der Waals surface area contributed by atoms with Crippen LogP contribution < -0.4 is 4.80 Å².